The van der Waals surface area contributed by atoms with Crippen LogP contribution in [0.25, 0.3) is 6.08 Å². The van der Waals surface area contributed by atoms with Crippen molar-refractivity contribution in [3.8, 4) is 23.0 Å². The maximum atomic E-state index is 14.2. The van der Waals surface area contributed by atoms with Crippen LogP contribution in [0.4, 0.5) is 0 Å². The molecule has 480 valence electrons. The zero-order chi connectivity index (χ0) is 66.4. The van der Waals surface area contributed by atoms with Gasteiger partial charge in [-0.3, -0.25) is 28.8 Å². The maximum absolute atomic E-state index is 14.2. The third-order valence-corrected chi connectivity index (χ3v) is 19.1. The van der Waals surface area contributed by atoms with E-state index < -0.39 is 125 Å². The molecular weight excluding hydrogens is 1190 g/mol. The minimum absolute atomic E-state index is 0.0339. The molecule has 12 rings (SSSR count). The summed E-state index contributed by atoms with van der Waals surface area (Å²) in [5.41, 5.74) is 6.82. The molecule has 8 bridgehead atoms. The van der Waals surface area contributed by atoms with Gasteiger partial charge < -0.3 is 65.0 Å². The van der Waals surface area contributed by atoms with Crippen molar-refractivity contribution in [3.63, 3.8) is 0 Å². The molecule has 0 saturated carbocycles. The molecule has 6 heterocycles. The minimum atomic E-state index is -2.12. The number of ketones is 2. The Bertz CT molecular complexity index is 4310. The molecule has 2 saturated heterocycles. The number of aromatic hydroxyl groups is 2. The molecule has 3 aromatic rings. The van der Waals surface area contributed by atoms with Crippen molar-refractivity contribution in [3.05, 3.63) is 192 Å². The number of allylic oxidation sites excluding steroid dienone is 11. The predicted molar refractivity (Wildman–Crippen MR) is 339 cm³/mol. The summed E-state index contributed by atoms with van der Waals surface area (Å²) in [4.78, 5) is 97.6. The number of phenolic OH excluding ortho intramolecular Hbond substituents is 2. The molecule has 22 nitrogen and oxygen atoms in total. The van der Waals surface area contributed by atoms with Crippen LogP contribution in [0.1, 0.15) is 135 Å². The Kier molecular flexibility index (Phi) is 16.5. The summed E-state index contributed by atoms with van der Waals surface area (Å²) in [7, 11) is 2.55. The first-order valence-electron chi connectivity index (χ1n) is 30.7. The number of aliphatic imine (C=N–C) groups is 3. The summed E-state index contributed by atoms with van der Waals surface area (Å²) in [6.07, 6.45) is 3.68. The van der Waals surface area contributed by atoms with Crippen LogP contribution < -0.4 is 20.1 Å². The normalized spacial score (nSPS) is 26.0. The number of nitrogens with one attached hydrogen (secondary N) is 2. The summed E-state index contributed by atoms with van der Waals surface area (Å²) >= 11 is 0. The summed E-state index contributed by atoms with van der Waals surface area (Å²) in [6.45, 7) is 15.5. The second-order valence-electron chi connectivity index (χ2n) is 24.6. The van der Waals surface area contributed by atoms with Gasteiger partial charge in [-0.1, -0.05) is 56.8 Å². The highest BCUT2D eigenvalue weighted by atomic mass is 16.7. The second-order valence-corrected chi connectivity index (χ2v) is 24.6. The van der Waals surface area contributed by atoms with Crippen LogP contribution >= 0.6 is 0 Å². The summed E-state index contributed by atoms with van der Waals surface area (Å²) in [5.74, 6) is -8.65. The Morgan fingerprint density at radius 3 is 2.32 bits per heavy atom. The van der Waals surface area contributed by atoms with Crippen LogP contribution in [-0.4, -0.2) is 128 Å². The Morgan fingerprint density at radius 1 is 0.882 bits per heavy atom. The zero-order valence-electron chi connectivity index (χ0n) is 52.3. The first-order valence-corrected chi connectivity index (χ1v) is 30.7. The molecule has 22 heteroatoms. The van der Waals surface area contributed by atoms with E-state index in [0.717, 1.165) is 39.4 Å². The fourth-order valence-corrected chi connectivity index (χ4v) is 14.3. The molecule has 3 aliphatic carbocycles. The van der Waals surface area contributed by atoms with E-state index in [9.17, 15) is 59.4 Å². The van der Waals surface area contributed by atoms with Crippen molar-refractivity contribution in [2.45, 2.75) is 123 Å². The number of phenols is 2. The molecule has 2 fully saturated rings. The fourth-order valence-electron chi connectivity index (χ4n) is 14.3. The number of methoxy groups -OCH3 is 2. The number of ether oxygens (including phenoxy) is 5. The second kappa shape index (κ2) is 24.3. The zero-order valence-corrected chi connectivity index (χ0v) is 52.3. The van der Waals surface area contributed by atoms with Gasteiger partial charge in [-0.05, 0) is 99.3 Å². The van der Waals surface area contributed by atoms with Crippen LogP contribution in [0.5, 0.6) is 23.0 Å². The Morgan fingerprint density at radius 2 is 1.60 bits per heavy atom. The number of nitrogens with zero attached hydrogens (tertiary/aromatic N) is 3. The van der Waals surface area contributed by atoms with Gasteiger partial charge in [-0.25, -0.2) is 15.0 Å². The molecule has 1 amide bonds. The molecule has 0 aromatic heterocycles. The van der Waals surface area contributed by atoms with Gasteiger partial charge in [0.15, 0.2) is 12.1 Å². The molecular formula is C71H69N5O17. The lowest BCUT2D eigenvalue weighted by atomic mass is 9.72. The molecule has 6 aliphatic heterocycles. The summed E-state index contributed by atoms with van der Waals surface area (Å²) < 4.78 is 29.2. The first-order chi connectivity index (χ1) is 44.4. The first kappa shape index (κ1) is 63.3. The average Bonchev–Trinajstić information content (AvgIpc) is 1.40. The van der Waals surface area contributed by atoms with Gasteiger partial charge in [0.25, 0.3) is 0 Å². The van der Waals surface area contributed by atoms with Crippen molar-refractivity contribution in [2.75, 3.05) is 14.2 Å². The number of aliphatic hydroxyl groups is 3. The number of fused-ring (bicyclic) bond motifs is 8. The van der Waals surface area contributed by atoms with Gasteiger partial charge in [-0.2, -0.15) is 0 Å². The van der Waals surface area contributed by atoms with E-state index >= 15 is 0 Å². The number of carboxylic acids is 1. The van der Waals surface area contributed by atoms with E-state index in [0.29, 0.717) is 57.2 Å². The van der Waals surface area contributed by atoms with Gasteiger partial charge in [0.05, 0.1) is 95.4 Å². The van der Waals surface area contributed by atoms with E-state index in [4.69, 9.17) is 38.7 Å². The largest absolute Gasteiger partial charge is 0.510 e. The van der Waals surface area contributed by atoms with Gasteiger partial charge in [0.1, 0.15) is 40.8 Å². The number of amides is 1. The fraction of sp³-hybridized carbons (Fsp3) is 0.338. The van der Waals surface area contributed by atoms with E-state index in [1.54, 1.807) is 30.3 Å². The van der Waals surface area contributed by atoms with Crippen LogP contribution in [0.2, 0.25) is 0 Å². The van der Waals surface area contributed by atoms with Crippen molar-refractivity contribution >= 4 is 58.6 Å². The highest BCUT2D eigenvalue weighted by Gasteiger charge is 2.51. The number of aliphatic carboxylic acids is 1. The summed E-state index contributed by atoms with van der Waals surface area (Å²) in [5, 5.41) is 75.5. The molecule has 3 aromatic carbocycles. The third kappa shape index (κ3) is 10.9. The van der Waals surface area contributed by atoms with Gasteiger partial charge in [-0.15, -0.1) is 0 Å². The van der Waals surface area contributed by atoms with Gasteiger partial charge in [0, 0.05) is 94.0 Å². The third-order valence-electron chi connectivity index (χ3n) is 19.1. The van der Waals surface area contributed by atoms with E-state index in [2.05, 4.69) is 24.1 Å². The monoisotopic (exact) mass is 1260 g/mol. The molecule has 0 radical (unpaired) electrons. The molecule has 9 aliphatic rings. The van der Waals surface area contributed by atoms with E-state index in [-0.39, 0.29) is 64.7 Å². The number of aliphatic hydroxyl groups excluding tert-OH is 2. The number of carbonyl (C=O) groups is 6. The van der Waals surface area contributed by atoms with Crippen molar-refractivity contribution in [2.24, 2.45) is 32.7 Å². The standard InChI is InChI=1S/C71H69N5O17/c1-10-36-30(3)41-23-43-32(5)38(62(75-43)58-61(70(87)90-9)67(84)55-33(6)44(76-63(55)58)25-46-37(11-2)31(4)42(73-46)24-45(36)72-41)20-22-53(80)92-48-17-13-12-15-35(48)19-21-51(77)74-47-26-54(91-34(7)64(47)81)93-50-28-71(88,29-52(78)79)27-40-57(50)69(86)59-60(66(40)83)68(85)56-39(65(59)82)16-14-18-49(56)89-8/h10,12-19,21,23-25,32,34,38,47,50,54,61,64,75,81,83-84,86,88H,1,11,20,22,26-29H2,2-9H3,(H,74,77)(H,78,79)/b21-19+,43-23?,45-24?,46-25?,62-58?/t32-,34+,38-,47?,50-,54+,61?,64-,71-/m0/s1. The Hall–Kier alpha value is -9.87. The predicted octanol–water partition coefficient (Wildman–Crippen LogP) is 8.73. The van der Waals surface area contributed by atoms with E-state index in [1.165, 1.54) is 51.5 Å². The number of esters is 2. The quantitative estimate of drug-likeness (QED) is 0.0239. The Labute approximate surface area is 534 Å². The van der Waals surface area contributed by atoms with Gasteiger partial charge in [0.2, 0.25) is 11.7 Å². The minimum Gasteiger partial charge on any atom is -0.510 e. The number of carboxylic acid groups (broad SMARTS) is 1. The van der Waals surface area contributed by atoms with Crippen molar-refractivity contribution in [1.29, 1.82) is 0 Å². The topological polar surface area (TPSA) is 331 Å². The molecule has 93 heavy (non-hydrogen) atoms. The number of para-hydroxylation sites is 1. The lowest BCUT2D eigenvalue weighted by Gasteiger charge is -2.43. The highest BCUT2D eigenvalue weighted by molar-refractivity contribution is 6.31. The van der Waals surface area contributed by atoms with Crippen LogP contribution in [0.3, 0.4) is 0 Å². The van der Waals surface area contributed by atoms with Crippen LogP contribution in [0, 0.1) is 17.8 Å². The highest BCUT2D eigenvalue weighted by Crippen LogP contribution is 2.54. The molecule has 2 unspecified atom stereocenters. The molecule has 8 N–H and O–H groups in total. The van der Waals surface area contributed by atoms with Crippen LogP contribution in [0.15, 0.2) is 168 Å². The Balaban J connectivity index is 0.780. The number of carbonyl (C=O) groups excluding carboxylic acids is 5. The number of benzene rings is 3. The maximum Gasteiger partial charge on any atom is 0.321 e. The van der Waals surface area contributed by atoms with Crippen LogP contribution in [-0.2, 0) is 39.8 Å². The SMILES string of the molecule is C=CC1=C(C)C2=NC1=CC1=NC(=CC3=C(C)C4=C(O)C(C(=O)OC)C(=C5NC(=C2)[C@@H](C)[C@@H]5CCC(=O)Oc2ccccc2/C=C/C(=O)NC2C[C@@H](O[C@H]5C[C@](O)(CC(=O)O)Cc6c(O)c7c(c(O)c65)C(=O)c5cccc(OC)c5C7=O)O[C@H](C)[C@@H]2O)C4=N3)C(CC)=C1C. The van der Waals surface area contributed by atoms with Crippen molar-refractivity contribution in [1.82, 2.24) is 10.6 Å². The van der Waals surface area contributed by atoms with E-state index in [1.807, 2.05) is 45.9 Å². The number of rotatable bonds is 15. The number of hydrogen-bond acceptors (Lipinski definition) is 20. The smallest absolute Gasteiger partial charge is 0.321 e. The average molecular weight is 1260 g/mol. The lowest BCUT2D eigenvalue weighted by molar-refractivity contribution is -0.250. The van der Waals surface area contributed by atoms with Gasteiger partial charge >= 0.3 is 17.9 Å². The lowest BCUT2D eigenvalue weighted by Crippen LogP contribution is -2.55. The van der Waals surface area contributed by atoms with Crippen molar-refractivity contribution < 1.29 is 83.1 Å². The molecule has 0 spiro atoms. The summed E-state index contributed by atoms with van der Waals surface area (Å²) in [6, 6.07) is 9.78. The molecule has 9 atom stereocenters. The number of hydrogen-bond donors (Lipinski definition) is 8.